The second-order valence-corrected chi connectivity index (χ2v) is 9.81. The Morgan fingerprint density at radius 1 is 0.933 bits per heavy atom. The molecule has 0 spiro atoms. The normalized spacial score (nSPS) is 31.7. The summed E-state index contributed by atoms with van der Waals surface area (Å²) in [5, 5.41) is 14.9. The number of ether oxygens (including phenoxy) is 2. The molecule has 0 aromatic heterocycles. The smallest absolute Gasteiger partial charge is 0.161 e. The van der Waals surface area contributed by atoms with Gasteiger partial charge in [0, 0.05) is 12.1 Å². The third-order valence-corrected chi connectivity index (χ3v) is 7.24. The molecule has 4 bridgehead atoms. The highest BCUT2D eigenvalue weighted by molar-refractivity contribution is 5.43. The average Bonchev–Trinajstić information content (AvgIpc) is 2.71. The predicted molar refractivity (Wildman–Crippen MR) is 118 cm³/mol. The minimum Gasteiger partial charge on any atom is -0.490 e. The van der Waals surface area contributed by atoms with E-state index in [4.69, 9.17) is 9.47 Å². The van der Waals surface area contributed by atoms with Gasteiger partial charge in [-0.15, -0.1) is 0 Å². The zero-order valence-electron chi connectivity index (χ0n) is 17.9. The minimum absolute atomic E-state index is 0.104. The van der Waals surface area contributed by atoms with E-state index < -0.39 is 5.60 Å². The number of hydrogen-bond donors (Lipinski definition) is 2. The van der Waals surface area contributed by atoms with Crippen molar-refractivity contribution in [2.75, 3.05) is 6.61 Å². The summed E-state index contributed by atoms with van der Waals surface area (Å²) in [4.78, 5) is 0. The highest BCUT2D eigenvalue weighted by atomic mass is 16.5. The molecule has 2 aromatic carbocycles. The minimum atomic E-state index is -0.428. The van der Waals surface area contributed by atoms with Gasteiger partial charge in [0.15, 0.2) is 11.5 Å². The second kappa shape index (κ2) is 7.90. The molecule has 4 aliphatic carbocycles. The Labute approximate surface area is 179 Å². The standard InChI is InChI=1S/C26H33NO3/c1-2-29-24-11-20(8-9-23(24)30-17-19-6-4-3-5-7-19)16-27-25-12-21-10-22(13-25)15-26(28,14-21)18-25/h3-9,11,21-22,27-28H,2,10,12-18H2,1H3. The summed E-state index contributed by atoms with van der Waals surface area (Å²) in [5.41, 5.74) is 2.02. The topological polar surface area (TPSA) is 50.7 Å². The van der Waals surface area contributed by atoms with E-state index in [0.29, 0.717) is 25.0 Å². The van der Waals surface area contributed by atoms with Crippen LogP contribution >= 0.6 is 0 Å². The van der Waals surface area contributed by atoms with Gasteiger partial charge in [-0.05, 0) is 80.5 Å². The zero-order valence-corrected chi connectivity index (χ0v) is 17.9. The first-order valence-corrected chi connectivity index (χ1v) is 11.4. The van der Waals surface area contributed by atoms with Gasteiger partial charge >= 0.3 is 0 Å². The van der Waals surface area contributed by atoms with Crippen molar-refractivity contribution in [2.24, 2.45) is 11.8 Å². The lowest BCUT2D eigenvalue weighted by Crippen LogP contribution is -2.64. The Morgan fingerprint density at radius 3 is 2.40 bits per heavy atom. The van der Waals surface area contributed by atoms with Gasteiger partial charge in [-0.25, -0.2) is 0 Å². The summed E-state index contributed by atoms with van der Waals surface area (Å²) in [6.07, 6.45) is 6.66. The molecule has 0 amide bonds. The van der Waals surface area contributed by atoms with Crippen LogP contribution in [0.1, 0.15) is 56.6 Å². The van der Waals surface area contributed by atoms with Crippen LogP contribution in [0.3, 0.4) is 0 Å². The van der Waals surface area contributed by atoms with E-state index in [0.717, 1.165) is 42.9 Å². The van der Waals surface area contributed by atoms with Crippen LogP contribution in [-0.4, -0.2) is 22.9 Å². The molecule has 2 N–H and O–H groups in total. The van der Waals surface area contributed by atoms with E-state index in [9.17, 15) is 5.11 Å². The van der Waals surface area contributed by atoms with Crippen LogP contribution in [0.15, 0.2) is 48.5 Å². The van der Waals surface area contributed by atoms with E-state index in [1.165, 1.54) is 24.8 Å². The van der Waals surface area contributed by atoms with E-state index in [1.54, 1.807) is 0 Å². The molecule has 0 aliphatic heterocycles. The Hall–Kier alpha value is -2.04. The molecule has 0 heterocycles. The summed E-state index contributed by atoms with van der Waals surface area (Å²) >= 11 is 0. The zero-order chi connectivity index (χ0) is 20.6. The first kappa shape index (κ1) is 19.9. The predicted octanol–water partition coefficient (Wildman–Crippen LogP) is 4.84. The van der Waals surface area contributed by atoms with Gasteiger partial charge in [-0.2, -0.15) is 0 Å². The van der Waals surface area contributed by atoms with Gasteiger partial charge in [0.1, 0.15) is 6.61 Å². The summed E-state index contributed by atoms with van der Waals surface area (Å²) in [6, 6.07) is 16.5. The third-order valence-electron chi connectivity index (χ3n) is 7.24. The van der Waals surface area contributed by atoms with Crippen molar-refractivity contribution in [3.63, 3.8) is 0 Å². The van der Waals surface area contributed by atoms with Gasteiger partial charge in [0.25, 0.3) is 0 Å². The van der Waals surface area contributed by atoms with E-state index in [-0.39, 0.29) is 5.54 Å². The number of nitrogens with one attached hydrogen (secondary N) is 1. The fourth-order valence-corrected chi connectivity index (χ4v) is 6.50. The maximum absolute atomic E-state index is 11.0. The van der Waals surface area contributed by atoms with Crippen LogP contribution in [0.25, 0.3) is 0 Å². The molecular weight excluding hydrogens is 374 g/mol. The molecule has 30 heavy (non-hydrogen) atoms. The Balaban J connectivity index is 1.26. The Kier molecular flexibility index (Phi) is 5.24. The third kappa shape index (κ3) is 4.08. The molecule has 4 saturated carbocycles. The van der Waals surface area contributed by atoms with E-state index >= 15 is 0 Å². The van der Waals surface area contributed by atoms with Crippen LogP contribution in [0.2, 0.25) is 0 Å². The van der Waals surface area contributed by atoms with Crippen molar-refractivity contribution in [1.82, 2.24) is 5.32 Å². The van der Waals surface area contributed by atoms with E-state index in [1.807, 2.05) is 31.2 Å². The lowest BCUT2D eigenvalue weighted by molar-refractivity contribution is -0.142. The number of hydrogen-bond acceptors (Lipinski definition) is 4. The maximum atomic E-state index is 11.0. The first-order valence-electron chi connectivity index (χ1n) is 11.4. The van der Waals surface area contributed by atoms with Crippen LogP contribution < -0.4 is 14.8 Å². The molecule has 0 saturated heterocycles. The number of benzene rings is 2. The maximum Gasteiger partial charge on any atom is 0.161 e. The molecule has 4 fully saturated rings. The summed E-state index contributed by atoms with van der Waals surface area (Å²) in [7, 11) is 0. The van der Waals surface area contributed by atoms with E-state index in [2.05, 4.69) is 29.6 Å². The van der Waals surface area contributed by atoms with Crippen molar-refractivity contribution >= 4 is 0 Å². The van der Waals surface area contributed by atoms with Crippen LogP contribution in [0, 0.1) is 11.8 Å². The van der Waals surface area contributed by atoms with Crippen molar-refractivity contribution in [1.29, 1.82) is 0 Å². The fourth-order valence-electron chi connectivity index (χ4n) is 6.50. The summed E-state index contributed by atoms with van der Waals surface area (Å²) < 4.78 is 11.9. The lowest BCUT2D eigenvalue weighted by atomic mass is 9.51. The second-order valence-electron chi connectivity index (χ2n) is 9.81. The summed E-state index contributed by atoms with van der Waals surface area (Å²) in [6.45, 7) is 3.94. The monoisotopic (exact) mass is 407 g/mol. The number of aliphatic hydroxyl groups is 1. The Morgan fingerprint density at radius 2 is 1.70 bits per heavy atom. The highest BCUT2D eigenvalue weighted by Gasteiger charge is 2.56. The molecule has 2 unspecified atom stereocenters. The van der Waals surface area contributed by atoms with Crippen molar-refractivity contribution in [2.45, 2.75) is 69.7 Å². The van der Waals surface area contributed by atoms with Crippen LogP contribution in [0.4, 0.5) is 0 Å². The van der Waals surface area contributed by atoms with Gasteiger partial charge < -0.3 is 19.9 Å². The molecule has 0 radical (unpaired) electrons. The van der Waals surface area contributed by atoms with Crippen molar-refractivity contribution in [3.05, 3.63) is 59.7 Å². The average molecular weight is 408 g/mol. The Bertz CT molecular complexity index is 867. The highest BCUT2D eigenvalue weighted by Crippen LogP contribution is 2.57. The largest absolute Gasteiger partial charge is 0.490 e. The number of rotatable bonds is 8. The van der Waals surface area contributed by atoms with Gasteiger partial charge in [-0.3, -0.25) is 0 Å². The molecular formula is C26H33NO3. The molecule has 2 aromatic rings. The first-order chi connectivity index (χ1) is 14.5. The van der Waals surface area contributed by atoms with Gasteiger partial charge in [0.05, 0.1) is 12.2 Å². The molecule has 6 rings (SSSR count). The SMILES string of the molecule is CCOc1cc(CNC23CC4CC(CC(O)(C4)C2)C3)ccc1OCc1ccccc1. The van der Waals surface area contributed by atoms with Gasteiger partial charge in [0.2, 0.25) is 0 Å². The molecule has 4 heteroatoms. The van der Waals surface area contributed by atoms with Crippen LogP contribution in [0.5, 0.6) is 11.5 Å². The van der Waals surface area contributed by atoms with Crippen molar-refractivity contribution < 1.29 is 14.6 Å². The molecule has 4 aliphatic rings. The van der Waals surface area contributed by atoms with Gasteiger partial charge in [-0.1, -0.05) is 36.4 Å². The molecule has 2 atom stereocenters. The van der Waals surface area contributed by atoms with Crippen molar-refractivity contribution in [3.8, 4) is 11.5 Å². The summed E-state index contributed by atoms with van der Waals surface area (Å²) in [5.74, 6) is 2.97. The van der Waals surface area contributed by atoms with Crippen LogP contribution in [-0.2, 0) is 13.2 Å². The lowest BCUT2D eigenvalue weighted by Gasteiger charge is -2.60. The molecule has 4 nitrogen and oxygen atoms in total. The quantitative estimate of drug-likeness (QED) is 0.658. The fraction of sp³-hybridized carbons (Fsp3) is 0.538. The molecule has 160 valence electrons.